The zero-order valence-electron chi connectivity index (χ0n) is 44.4. The van der Waals surface area contributed by atoms with Gasteiger partial charge in [0.25, 0.3) is 0 Å². The molecule has 2 heteroatoms. The molecule has 73 heavy (non-hydrogen) atoms. The van der Waals surface area contributed by atoms with Gasteiger partial charge in [-0.1, -0.05) is 223 Å². The van der Waals surface area contributed by atoms with Gasteiger partial charge in [-0.2, -0.15) is 0 Å². The Labute approximate surface area is 440 Å². The first kappa shape index (κ1) is 50.9. The van der Waals surface area contributed by atoms with Gasteiger partial charge in [-0.05, 0) is 149 Å². The quantitative estimate of drug-likeness (QED) is 0.148. The molecule has 1 nitrogen and oxygen atoms in total. The lowest BCUT2D eigenvalue weighted by atomic mass is 9.78. The van der Waals surface area contributed by atoms with E-state index >= 15 is 0 Å². The van der Waals surface area contributed by atoms with E-state index < -0.39 is 0 Å². The van der Waals surface area contributed by atoms with Gasteiger partial charge in [-0.25, -0.2) is 0 Å². The third kappa shape index (κ3) is 10.6. The molecule has 8 aromatic rings. The highest BCUT2D eigenvalue weighted by atomic mass is 32.1. The van der Waals surface area contributed by atoms with E-state index in [1.165, 1.54) is 122 Å². The number of hydrogen-bond donors (Lipinski definition) is 0. The van der Waals surface area contributed by atoms with Crippen LogP contribution in [0.25, 0.3) is 72.7 Å². The number of allylic oxidation sites excluding steroid dienone is 10. The van der Waals surface area contributed by atoms with Gasteiger partial charge in [-0.3, -0.25) is 0 Å². The monoisotopic (exact) mass is 973 g/mol. The lowest BCUT2D eigenvalue weighted by Crippen LogP contribution is -2.15. The Morgan fingerprint density at radius 1 is 0.712 bits per heavy atom. The molecule has 1 atom stereocenters. The van der Waals surface area contributed by atoms with Gasteiger partial charge in [0.1, 0.15) is 11.3 Å². The summed E-state index contributed by atoms with van der Waals surface area (Å²) in [5.41, 5.74) is 23.2. The smallest absolute Gasteiger partial charge is 0.134 e. The fourth-order valence-electron chi connectivity index (χ4n) is 11.2. The van der Waals surface area contributed by atoms with Crippen molar-refractivity contribution >= 4 is 61.8 Å². The van der Waals surface area contributed by atoms with Crippen molar-refractivity contribution in [2.75, 3.05) is 0 Å². The molecule has 0 bridgehead atoms. The summed E-state index contributed by atoms with van der Waals surface area (Å²) in [5, 5.41) is 2.56. The molecule has 0 amide bonds. The minimum atomic E-state index is 0.0679. The first-order valence-corrected chi connectivity index (χ1v) is 27.6. The molecule has 4 aliphatic rings. The number of benzene rings is 6. The molecular formula is C71H72OS. The number of fused-ring (bicyclic) bond motifs is 7. The van der Waals surface area contributed by atoms with E-state index in [9.17, 15) is 0 Å². The van der Waals surface area contributed by atoms with Crippen LogP contribution in [0.4, 0.5) is 0 Å². The predicted molar refractivity (Wildman–Crippen MR) is 322 cm³/mol. The first-order chi connectivity index (χ1) is 35.6. The number of thiophene rings is 1. The van der Waals surface area contributed by atoms with E-state index in [0.717, 1.165) is 43.4 Å². The van der Waals surface area contributed by atoms with Gasteiger partial charge < -0.3 is 4.42 Å². The fourth-order valence-corrected chi connectivity index (χ4v) is 12.3. The molecule has 368 valence electrons. The van der Waals surface area contributed by atoms with Crippen molar-refractivity contribution in [3.05, 3.63) is 243 Å². The molecule has 2 heterocycles. The molecule has 0 spiro atoms. The Bertz CT molecular complexity index is 3470. The van der Waals surface area contributed by atoms with Crippen LogP contribution in [-0.4, -0.2) is 0 Å². The van der Waals surface area contributed by atoms with Crippen LogP contribution >= 0.6 is 11.3 Å². The van der Waals surface area contributed by atoms with Crippen molar-refractivity contribution in [2.24, 2.45) is 0 Å². The summed E-state index contributed by atoms with van der Waals surface area (Å²) in [6.45, 7) is 21.3. The molecule has 0 N–H and O–H groups in total. The fraction of sp³-hybridized carbons (Fsp3) is 0.239. The van der Waals surface area contributed by atoms with Crippen LogP contribution in [0.15, 0.2) is 186 Å². The van der Waals surface area contributed by atoms with Crippen LogP contribution in [0.5, 0.6) is 0 Å². The molecule has 0 radical (unpaired) electrons. The number of furan rings is 1. The minimum Gasteiger partial charge on any atom is -0.460 e. The van der Waals surface area contributed by atoms with Crippen molar-refractivity contribution in [3.8, 4) is 22.3 Å². The zero-order valence-corrected chi connectivity index (χ0v) is 45.3. The molecular weight excluding hydrogens is 901 g/mol. The van der Waals surface area contributed by atoms with Crippen LogP contribution in [0.3, 0.4) is 0 Å². The molecule has 6 aromatic carbocycles. The molecule has 0 aliphatic heterocycles. The molecule has 0 saturated carbocycles. The Hall–Kier alpha value is -7.00. The maximum absolute atomic E-state index is 5.95. The molecule has 0 fully saturated rings. The van der Waals surface area contributed by atoms with E-state index in [2.05, 4.69) is 230 Å². The Balaban J connectivity index is 0.000000136. The van der Waals surface area contributed by atoms with Gasteiger partial charge in [0.15, 0.2) is 0 Å². The summed E-state index contributed by atoms with van der Waals surface area (Å²) in [5.74, 6) is 1.56. The van der Waals surface area contributed by atoms with E-state index in [-0.39, 0.29) is 5.41 Å². The highest BCUT2D eigenvalue weighted by Gasteiger charge is 2.35. The topological polar surface area (TPSA) is 13.1 Å². The SMILES string of the molecule is C=Cc1sc2cc(C3=CC=C(C)CC3)ccc2c1/C=C\C.CC.CCCc1ccccc1C1CC=CC=C1c1ccc2c(c1)-c1ccccc1C2(C)C.Cc1ccc(-c2ccc3oc4c(c3c2)C=CCC4)cc1. The lowest BCUT2D eigenvalue weighted by Gasteiger charge is -2.26. The summed E-state index contributed by atoms with van der Waals surface area (Å²) in [7, 11) is 0. The Morgan fingerprint density at radius 3 is 2.25 bits per heavy atom. The number of aryl methyl sites for hydroxylation is 3. The highest BCUT2D eigenvalue weighted by molar-refractivity contribution is 7.20. The van der Waals surface area contributed by atoms with Crippen LogP contribution in [-0.2, 0) is 18.3 Å². The molecule has 0 saturated heterocycles. The normalized spacial score (nSPS) is 15.9. The second-order valence-electron chi connectivity index (χ2n) is 20.2. The molecule has 2 aromatic heterocycles. The highest BCUT2D eigenvalue weighted by Crippen LogP contribution is 2.50. The maximum atomic E-state index is 5.95. The lowest BCUT2D eigenvalue weighted by molar-refractivity contribution is 0.546. The van der Waals surface area contributed by atoms with E-state index in [4.69, 9.17) is 4.42 Å². The van der Waals surface area contributed by atoms with Crippen LogP contribution < -0.4 is 0 Å². The van der Waals surface area contributed by atoms with Crippen molar-refractivity contribution in [3.63, 3.8) is 0 Å². The van der Waals surface area contributed by atoms with Gasteiger partial charge >= 0.3 is 0 Å². The Kier molecular flexibility index (Phi) is 15.9. The summed E-state index contributed by atoms with van der Waals surface area (Å²) >= 11 is 1.83. The first-order valence-electron chi connectivity index (χ1n) is 26.8. The van der Waals surface area contributed by atoms with Gasteiger partial charge in [0, 0.05) is 43.7 Å². The summed E-state index contributed by atoms with van der Waals surface area (Å²) in [6.07, 6.45) is 29.9. The van der Waals surface area contributed by atoms with Gasteiger partial charge in [0.2, 0.25) is 0 Å². The average molecular weight is 973 g/mol. The molecule has 12 rings (SSSR count). The van der Waals surface area contributed by atoms with Crippen molar-refractivity contribution in [2.45, 2.75) is 112 Å². The van der Waals surface area contributed by atoms with Crippen molar-refractivity contribution in [1.82, 2.24) is 0 Å². The van der Waals surface area contributed by atoms with E-state index in [0.29, 0.717) is 5.92 Å². The summed E-state index contributed by atoms with van der Waals surface area (Å²) in [4.78, 5) is 1.26. The zero-order chi connectivity index (χ0) is 51.1. The van der Waals surface area contributed by atoms with Gasteiger partial charge in [-0.15, -0.1) is 11.3 Å². The Morgan fingerprint density at radius 2 is 1.47 bits per heavy atom. The van der Waals surface area contributed by atoms with E-state index in [1.807, 2.05) is 31.3 Å². The third-order valence-electron chi connectivity index (χ3n) is 15.0. The third-order valence-corrected chi connectivity index (χ3v) is 16.2. The summed E-state index contributed by atoms with van der Waals surface area (Å²) < 4.78 is 7.30. The second-order valence-corrected chi connectivity index (χ2v) is 21.3. The van der Waals surface area contributed by atoms with Gasteiger partial charge in [0.05, 0.1) is 0 Å². The number of hydrogen-bond acceptors (Lipinski definition) is 2. The minimum absolute atomic E-state index is 0.0679. The van der Waals surface area contributed by atoms with Crippen LogP contribution in [0.1, 0.15) is 147 Å². The number of rotatable bonds is 8. The standard InChI is InChI=1S/C30H30.C20H20S.C19H16O.C2H6/c1-4-11-21-12-5-6-13-23(21)25-15-8-7-14-24(25)22-18-19-29-27(20-22)26-16-9-10-17-28(26)30(29,2)3;1-4-6-17-18-12-11-16(13-20(18)21-19(17)5-2)15-9-7-14(3)8-10-15;1-13-6-8-14(9-7-13)15-10-11-19-17(12-15)16-4-2-3-5-18(16)20-19;1-2/h5-10,12-14,16-20,25H,4,11,15H2,1-3H3;4-7,9,11-13H,2,8,10H2,1,3H3;2,4,6-12H,3,5H2,1H3;1-2H3/b;6-4-;;. The van der Waals surface area contributed by atoms with Crippen molar-refractivity contribution in [1.29, 1.82) is 0 Å². The second kappa shape index (κ2) is 22.8. The molecule has 4 aliphatic carbocycles. The summed E-state index contributed by atoms with van der Waals surface area (Å²) in [6, 6.07) is 47.2. The molecule has 1 unspecified atom stereocenters. The predicted octanol–water partition coefficient (Wildman–Crippen LogP) is 21.2. The maximum Gasteiger partial charge on any atom is 0.134 e. The largest absolute Gasteiger partial charge is 0.460 e. The van der Waals surface area contributed by atoms with Crippen LogP contribution in [0, 0.1) is 6.92 Å². The van der Waals surface area contributed by atoms with Crippen LogP contribution in [0.2, 0.25) is 0 Å². The van der Waals surface area contributed by atoms with Crippen molar-refractivity contribution < 1.29 is 4.42 Å². The van der Waals surface area contributed by atoms with E-state index in [1.54, 1.807) is 0 Å². The average Bonchev–Trinajstić information content (AvgIpc) is 4.06.